The van der Waals surface area contributed by atoms with Gasteiger partial charge in [-0.1, -0.05) is 6.92 Å². The van der Waals surface area contributed by atoms with Crippen molar-refractivity contribution in [2.75, 3.05) is 6.54 Å². The van der Waals surface area contributed by atoms with Crippen molar-refractivity contribution in [3.05, 3.63) is 6.92 Å². The Balaban J connectivity index is 2.81. The van der Waals surface area contributed by atoms with E-state index in [0.717, 1.165) is 6.42 Å². The molecule has 5 nitrogen and oxygen atoms in total. The second-order valence-electron chi connectivity index (χ2n) is 3.70. The van der Waals surface area contributed by atoms with Gasteiger partial charge >= 0.3 is 0 Å². The molecule has 0 saturated carbocycles. The molecule has 1 rings (SSSR count). The number of ketones is 1. The van der Waals surface area contributed by atoms with E-state index in [-0.39, 0.29) is 5.78 Å². The van der Waals surface area contributed by atoms with Crippen molar-refractivity contribution in [1.82, 2.24) is 10.6 Å². The summed E-state index contributed by atoms with van der Waals surface area (Å²) < 4.78 is 0. The average Bonchev–Trinajstić information content (AvgIpc) is 2.65. The normalized spacial score (nSPS) is 27.4. The zero-order valence-electron chi connectivity index (χ0n) is 8.88. The van der Waals surface area contributed by atoms with Gasteiger partial charge in [0.25, 0.3) is 0 Å². The van der Waals surface area contributed by atoms with Crippen LogP contribution in [0.4, 0.5) is 0 Å². The van der Waals surface area contributed by atoms with Gasteiger partial charge in [-0.05, 0) is 26.3 Å². The van der Waals surface area contributed by atoms with Crippen LogP contribution in [-0.2, 0) is 9.59 Å². The number of hydrogen-bond acceptors (Lipinski definition) is 4. The van der Waals surface area contributed by atoms with Crippen LogP contribution in [0.5, 0.6) is 0 Å². The number of aliphatic hydroxyl groups excluding tert-OH is 1. The number of aliphatic hydroxyl groups is 1. The molecule has 5 heteroatoms. The van der Waals surface area contributed by atoms with Crippen LogP contribution in [0, 0.1) is 6.92 Å². The SMILES string of the molecule is [CH2]C(O)NC(=O)C1(C(=O)CC)CCCN1. The highest BCUT2D eigenvalue weighted by molar-refractivity contribution is 6.10. The Hall–Kier alpha value is -0.940. The first-order valence-electron chi connectivity index (χ1n) is 5.13. The van der Waals surface area contributed by atoms with Crippen molar-refractivity contribution in [2.24, 2.45) is 0 Å². The van der Waals surface area contributed by atoms with Crippen LogP contribution in [0.1, 0.15) is 26.2 Å². The van der Waals surface area contributed by atoms with Crippen LogP contribution in [0.3, 0.4) is 0 Å². The van der Waals surface area contributed by atoms with Gasteiger partial charge in [-0.25, -0.2) is 0 Å². The summed E-state index contributed by atoms with van der Waals surface area (Å²) >= 11 is 0. The highest BCUT2D eigenvalue weighted by atomic mass is 16.3. The topological polar surface area (TPSA) is 78.4 Å². The zero-order chi connectivity index (χ0) is 11.5. The third-order valence-corrected chi connectivity index (χ3v) is 2.64. The van der Waals surface area contributed by atoms with Crippen LogP contribution in [0.25, 0.3) is 0 Å². The Kier molecular flexibility index (Phi) is 3.82. The first-order valence-corrected chi connectivity index (χ1v) is 5.13. The lowest BCUT2D eigenvalue weighted by Crippen LogP contribution is -2.60. The minimum Gasteiger partial charge on any atom is -0.374 e. The molecule has 0 bridgehead atoms. The Morgan fingerprint density at radius 1 is 1.67 bits per heavy atom. The van der Waals surface area contributed by atoms with Crippen LogP contribution >= 0.6 is 0 Å². The van der Waals surface area contributed by atoms with E-state index in [2.05, 4.69) is 17.6 Å². The average molecular weight is 213 g/mol. The molecule has 1 heterocycles. The van der Waals surface area contributed by atoms with Gasteiger partial charge in [-0.2, -0.15) is 0 Å². The van der Waals surface area contributed by atoms with Crippen LogP contribution in [0.15, 0.2) is 0 Å². The largest absolute Gasteiger partial charge is 0.374 e. The molecule has 1 amide bonds. The predicted molar refractivity (Wildman–Crippen MR) is 54.8 cm³/mol. The fraction of sp³-hybridized carbons (Fsp3) is 0.700. The van der Waals surface area contributed by atoms with E-state index in [0.29, 0.717) is 19.4 Å². The summed E-state index contributed by atoms with van der Waals surface area (Å²) in [5, 5.41) is 14.2. The molecule has 15 heavy (non-hydrogen) atoms. The zero-order valence-corrected chi connectivity index (χ0v) is 8.88. The van der Waals surface area contributed by atoms with Crippen LogP contribution in [0.2, 0.25) is 0 Å². The number of amides is 1. The van der Waals surface area contributed by atoms with Gasteiger partial charge in [0.1, 0.15) is 6.23 Å². The quantitative estimate of drug-likeness (QED) is 0.428. The predicted octanol–water partition coefficient (Wildman–Crippen LogP) is -0.644. The van der Waals surface area contributed by atoms with E-state index >= 15 is 0 Å². The third kappa shape index (κ3) is 2.35. The molecule has 2 unspecified atom stereocenters. The minimum atomic E-state index is -1.18. The Labute approximate surface area is 89.2 Å². The summed E-state index contributed by atoms with van der Waals surface area (Å²) in [5.41, 5.74) is -1.15. The second-order valence-corrected chi connectivity index (χ2v) is 3.70. The number of hydrogen-bond donors (Lipinski definition) is 3. The van der Waals surface area contributed by atoms with Crippen molar-refractivity contribution in [3.63, 3.8) is 0 Å². The standard InChI is InChI=1S/C10H17N2O3/c1-3-8(14)10(5-4-6-11-10)9(15)12-7(2)13/h7,11,13H,2-6H2,1H3,(H,12,15). The van der Waals surface area contributed by atoms with E-state index in [4.69, 9.17) is 5.11 Å². The maximum atomic E-state index is 11.8. The van der Waals surface area contributed by atoms with Gasteiger partial charge in [0.05, 0.1) is 0 Å². The first kappa shape index (κ1) is 12.1. The number of carbonyl (C=O) groups excluding carboxylic acids is 2. The van der Waals surface area contributed by atoms with E-state index in [1.165, 1.54) is 0 Å². The highest BCUT2D eigenvalue weighted by Gasteiger charge is 2.46. The van der Waals surface area contributed by atoms with E-state index < -0.39 is 17.7 Å². The third-order valence-electron chi connectivity index (χ3n) is 2.64. The molecule has 0 aliphatic carbocycles. The maximum Gasteiger partial charge on any atom is 0.249 e. The summed E-state index contributed by atoms with van der Waals surface area (Å²) in [6, 6.07) is 0. The summed E-state index contributed by atoms with van der Waals surface area (Å²) in [5.74, 6) is -0.618. The Morgan fingerprint density at radius 3 is 2.73 bits per heavy atom. The summed E-state index contributed by atoms with van der Waals surface area (Å²) in [6.07, 6.45) is 0.389. The molecule has 1 aliphatic rings. The molecule has 0 spiro atoms. The smallest absolute Gasteiger partial charge is 0.249 e. The molecule has 0 aromatic carbocycles. The second kappa shape index (κ2) is 4.72. The lowest BCUT2D eigenvalue weighted by molar-refractivity contribution is -0.138. The number of carbonyl (C=O) groups is 2. The van der Waals surface area contributed by atoms with Crippen LogP contribution in [-0.4, -0.2) is 35.1 Å². The van der Waals surface area contributed by atoms with Crippen molar-refractivity contribution in [2.45, 2.75) is 38.0 Å². The molecule has 3 N–H and O–H groups in total. The number of rotatable bonds is 4. The molecule has 85 valence electrons. The number of Topliss-reactive ketones (excluding diaryl/α,β-unsaturated/α-hetero) is 1. The highest BCUT2D eigenvalue weighted by Crippen LogP contribution is 2.22. The Bertz CT molecular complexity index is 257. The van der Waals surface area contributed by atoms with Gasteiger partial charge in [0.2, 0.25) is 5.91 Å². The molecule has 0 aromatic rings. The monoisotopic (exact) mass is 213 g/mol. The van der Waals surface area contributed by atoms with Gasteiger partial charge in [-0.15, -0.1) is 0 Å². The van der Waals surface area contributed by atoms with Crippen molar-refractivity contribution in [1.29, 1.82) is 0 Å². The van der Waals surface area contributed by atoms with Crippen LogP contribution < -0.4 is 10.6 Å². The summed E-state index contributed by atoms with van der Waals surface area (Å²) in [4.78, 5) is 23.5. The van der Waals surface area contributed by atoms with Gasteiger partial charge in [-0.3, -0.25) is 14.9 Å². The summed E-state index contributed by atoms with van der Waals surface area (Å²) in [6.45, 7) is 5.62. The van der Waals surface area contributed by atoms with Gasteiger partial charge in [0, 0.05) is 6.42 Å². The molecule has 1 fully saturated rings. The minimum absolute atomic E-state index is 0.141. The van der Waals surface area contributed by atoms with Crippen molar-refractivity contribution >= 4 is 11.7 Å². The van der Waals surface area contributed by atoms with E-state index in [9.17, 15) is 9.59 Å². The molecular weight excluding hydrogens is 196 g/mol. The van der Waals surface area contributed by atoms with Gasteiger partial charge in [0.15, 0.2) is 11.3 Å². The first-order chi connectivity index (χ1) is 7.03. The lowest BCUT2D eigenvalue weighted by atomic mass is 9.89. The molecular formula is C10H17N2O3. The Morgan fingerprint density at radius 2 is 2.33 bits per heavy atom. The fourth-order valence-corrected chi connectivity index (χ4v) is 1.88. The molecule has 1 aliphatic heterocycles. The van der Waals surface area contributed by atoms with E-state index in [1.54, 1.807) is 6.92 Å². The van der Waals surface area contributed by atoms with E-state index in [1.807, 2.05) is 0 Å². The maximum absolute atomic E-state index is 11.8. The fourth-order valence-electron chi connectivity index (χ4n) is 1.88. The molecule has 2 atom stereocenters. The molecule has 1 radical (unpaired) electrons. The summed E-state index contributed by atoms with van der Waals surface area (Å²) in [7, 11) is 0. The molecule has 1 saturated heterocycles. The van der Waals surface area contributed by atoms with Crippen molar-refractivity contribution in [3.8, 4) is 0 Å². The van der Waals surface area contributed by atoms with Gasteiger partial charge < -0.3 is 10.4 Å². The molecule has 0 aromatic heterocycles. The van der Waals surface area contributed by atoms with Crippen molar-refractivity contribution < 1.29 is 14.7 Å². The number of nitrogens with one attached hydrogen (secondary N) is 2. The lowest BCUT2D eigenvalue weighted by Gasteiger charge is -2.26.